The number of aliphatic hydroxyl groups excluding tert-OH is 1. The van der Waals surface area contributed by atoms with E-state index in [1.165, 1.54) is 38.5 Å². The molecule has 274 valence electrons. The number of rotatable bonds is 12. The first-order valence-corrected chi connectivity index (χ1v) is 20.0. The van der Waals surface area contributed by atoms with Gasteiger partial charge in [-0.25, -0.2) is 9.59 Å². The molecule has 8 nitrogen and oxygen atoms in total. The fourth-order valence-corrected chi connectivity index (χ4v) is 12.8. The van der Waals surface area contributed by atoms with Gasteiger partial charge in [-0.3, -0.25) is 0 Å². The van der Waals surface area contributed by atoms with Crippen LogP contribution < -0.4 is 14.8 Å². The van der Waals surface area contributed by atoms with Crippen LogP contribution in [-0.2, 0) is 25.5 Å². The van der Waals surface area contributed by atoms with Crippen molar-refractivity contribution in [3.8, 4) is 11.5 Å². The Morgan fingerprint density at radius 3 is 1.80 bits per heavy atom. The third-order valence-corrected chi connectivity index (χ3v) is 14.1. The maximum atomic E-state index is 14.2. The molecule has 1 heterocycles. The Hall–Kier alpha value is -2.81. The molecule has 0 radical (unpaired) electrons. The highest BCUT2D eigenvalue weighted by atomic mass is 35.5. The molecule has 0 amide bonds. The Morgan fingerprint density at radius 1 is 0.784 bits per heavy atom. The molecular formula is C42H52ClNO7. The lowest BCUT2D eigenvalue weighted by Gasteiger charge is -2.56. The molecule has 2 atom stereocenters. The van der Waals surface area contributed by atoms with Crippen molar-refractivity contribution in [2.45, 2.75) is 108 Å². The van der Waals surface area contributed by atoms with E-state index in [1.807, 2.05) is 31.2 Å². The van der Waals surface area contributed by atoms with Gasteiger partial charge in [0, 0.05) is 28.4 Å². The minimum Gasteiger partial charge on any atom is -0.459 e. The zero-order valence-corrected chi connectivity index (χ0v) is 30.5. The van der Waals surface area contributed by atoms with Crippen LogP contribution in [0.2, 0.25) is 5.02 Å². The van der Waals surface area contributed by atoms with Gasteiger partial charge in [-0.05, 0) is 161 Å². The van der Waals surface area contributed by atoms with Gasteiger partial charge in [0.2, 0.25) is 0 Å². The van der Waals surface area contributed by atoms with E-state index in [0.29, 0.717) is 65.0 Å². The zero-order chi connectivity index (χ0) is 35.0. The Labute approximate surface area is 306 Å². The topological polar surface area (TPSA) is 103 Å². The Bertz CT molecular complexity index is 1540. The van der Waals surface area contributed by atoms with E-state index in [2.05, 4.69) is 5.32 Å². The molecule has 8 saturated carbocycles. The van der Waals surface area contributed by atoms with E-state index in [-0.39, 0.29) is 30.1 Å². The van der Waals surface area contributed by atoms with Crippen molar-refractivity contribution < 1.29 is 33.6 Å². The number of benzene rings is 2. The van der Waals surface area contributed by atoms with Gasteiger partial charge in [0.25, 0.3) is 0 Å². The van der Waals surface area contributed by atoms with Crippen molar-refractivity contribution in [3.63, 3.8) is 0 Å². The van der Waals surface area contributed by atoms with Gasteiger partial charge in [-0.1, -0.05) is 29.8 Å². The van der Waals surface area contributed by atoms with Crippen LogP contribution in [0.1, 0.15) is 101 Å². The molecular weight excluding hydrogens is 666 g/mol. The van der Waals surface area contributed by atoms with E-state index in [0.717, 1.165) is 49.7 Å². The Kier molecular flexibility index (Phi) is 8.63. The molecule has 2 aromatic carbocycles. The molecule has 9 aliphatic rings. The van der Waals surface area contributed by atoms with Gasteiger partial charge in [0.05, 0.1) is 19.3 Å². The van der Waals surface area contributed by atoms with Gasteiger partial charge in [0.15, 0.2) is 11.5 Å². The predicted octanol–water partition coefficient (Wildman–Crippen LogP) is 7.58. The molecule has 8 aliphatic carbocycles. The first-order chi connectivity index (χ1) is 24.5. The average Bonchev–Trinajstić information content (AvgIpc) is 3.48. The highest BCUT2D eigenvalue weighted by molar-refractivity contribution is 6.30. The van der Waals surface area contributed by atoms with Crippen LogP contribution >= 0.6 is 11.6 Å². The molecule has 9 heteroatoms. The van der Waals surface area contributed by atoms with Crippen LogP contribution in [0, 0.1) is 46.3 Å². The maximum absolute atomic E-state index is 14.2. The van der Waals surface area contributed by atoms with Crippen LogP contribution in [0.4, 0.5) is 0 Å². The zero-order valence-electron chi connectivity index (χ0n) is 29.7. The van der Waals surface area contributed by atoms with Crippen LogP contribution in [0.5, 0.6) is 11.5 Å². The van der Waals surface area contributed by atoms with Gasteiger partial charge in [0.1, 0.15) is 0 Å². The SMILES string of the molecule is C[C@H](Cc1ccc2c(c1)OC(C(=O)OCC13CC4CC(CC(C4)C1)C3)(C(=O)OCC13CC4CC(CC(C4)C1)C3)O2)NC[C@H](O)c1cccc(Cl)c1. The summed E-state index contributed by atoms with van der Waals surface area (Å²) in [4.78, 5) is 28.5. The minimum atomic E-state index is -2.32. The second kappa shape index (κ2) is 12.9. The number of hydrogen-bond donors (Lipinski definition) is 2. The molecule has 11 rings (SSSR count). The molecule has 1 aliphatic heterocycles. The van der Waals surface area contributed by atoms with Crippen LogP contribution in [-0.4, -0.2) is 48.6 Å². The van der Waals surface area contributed by atoms with Gasteiger partial charge >= 0.3 is 17.7 Å². The molecule has 8 fully saturated rings. The number of halogens is 1. The molecule has 51 heavy (non-hydrogen) atoms. The minimum absolute atomic E-state index is 0.0134. The Morgan fingerprint density at radius 2 is 1.29 bits per heavy atom. The van der Waals surface area contributed by atoms with Crippen LogP contribution in [0.25, 0.3) is 0 Å². The van der Waals surface area contributed by atoms with Gasteiger partial charge < -0.3 is 29.4 Å². The smallest absolute Gasteiger partial charge is 0.453 e. The van der Waals surface area contributed by atoms with Crippen molar-refractivity contribution >= 4 is 23.5 Å². The number of ether oxygens (including phenoxy) is 4. The normalized spacial score (nSPS) is 37.7. The molecule has 2 aromatic rings. The largest absolute Gasteiger partial charge is 0.459 e. The van der Waals surface area contributed by atoms with E-state index < -0.39 is 23.8 Å². The summed E-state index contributed by atoms with van der Waals surface area (Å²) in [7, 11) is 0. The standard InChI is InChI=1S/C42H52ClNO7/c1-25(44-22-35(45)33-3-2-4-34(43)15-33)7-26-5-6-36-37(14-26)51-42(50-36,38(46)48-23-40-16-27-8-28(17-40)10-29(9-27)18-40)39(47)49-24-41-19-30-11-31(20-41)13-32(12-30)21-41/h2-6,14-15,25,27-32,35,44-45H,7-13,16-24H2,1H3/t25-,27?,28?,29?,30?,31?,32?,35+,40?,41?,42?/m1/s1. The monoisotopic (exact) mass is 717 g/mol. The average molecular weight is 718 g/mol. The fourth-order valence-electron chi connectivity index (χ4n) is 12.6. The summed E-state index contributed by atoms with van der Waals surface area (Å²) in [6, 6.07) is 12.8. The second-order valence-electron chi connectivity index (χ2n) is 18.2. The van der Waals surface area contributed by atoms with Crippen LogP contribution in [0.15, 0.2) is 42.5 Å². The van der Waals surface area contributed by atoms with Crippen molar-refractivity contribution in [2.24, 2.45) is 46.3 Å². The summed E-state index contributed by atoms with van der Waals surface area (Å²) >= 11 is 6.11. The van der Waals surface area contributed by atoms with Crippen molar-refractivity contribution in [2.75, 3.05) is 19.8 Å². The number of esters is 2. The first-order valence-electron chi connectivity index (χ1n) is 19.6. The van der Waals surface area contributed by atoms with E-state index >= 15 is 0 Å². The van der Waals surface area contributed by atoms with Crippen molar-refractivity contribution in [3.05, 3.63) is 58.6 Å². The van der Waals surface area contributed by atoms with E-state index in [1.54, 1.807) is 18.2 Å². The molecule has 0 saturated heterocycles. The predicted molar refractivity (Wildman–Crippen MR) is 191 cm³/mol. The summed E-state index contributed by atoms with van der Waals surface area (Å²) in [5, 5.41) is 14.7. The van der Waals surface area contributed by atoms with Crippen molar-refractivity contribution in [1.82, 2.24) is 5.32 Å². The first kappa shape index (κ1) is 34.0. The Balaban J connectivity index is 0.896. The van der Waals surface area contributed by atoms with Crippen LogP contribution in [0.3, 0.4) is 0 Å². The molecule has 0 aromatic heterocycles. The summed E-state index contributed by atoms with van der Waals surface area (Å²) in [5.74, 6) is 1.01. The quantitative estimate of drug-likeness (QED) is 0.171. The highest BCUT2D eigenvalue weighted by Gasteiger charge is 2.62. The number of carbonyl (C=O) groups is 2. The number of aliphatic hydroxyl groups is 1. The van der Waals surface area contributed by atoms with E-state index in [9.17, 15) is 14.7 Å². The molecule has 2 N–H and O–H groups in total. The molecule has 0 spiro atoms. The maximum Gasteiger partial charge on any atom is 0.453 e. The van der Waals surface area contributed by atoms with Crippen molar-refractivity contribution in [1.29, 1.82) is 0 Å². The lowest BCUT2D eigenvalue weighted by molar-refractivity contribution is -0.211. The van der Waals surface area contributed by atoms with Gasteiger partial charge in [-0.2, -0.15) is 0 Å². The molecule has 8 bridgehead atoms. The lowest BCUT2D eigenvalue weighted by atomic mass is 9.50. The molecule has 0 unspecified atom stereocenters. The second-order valence-corrected chi connectivity index (χ2v) is 18.6. The number of carbonyl (C=O) groups excluding carboxylic acids is 2. The summed E-state index contributed by atoms with van der Waals surface area (Å²) in [5.41, 5.74) is 1.66. The number of nitrogens with one attached hydrogen (secondary N) is 1. The number of fused-ring (bicyclic) bond motifs is 1. The fraction of sp³-hybridized carbons (Fsp3) is 0.667. The van der Waals surface area contributed by atoms with Gasteiger partial charge in [-0.15, -0.1) is 0 Å². The third-order valence-electron chi connectivity index (χ3n) is 13.8. The number of hydrogen-bond acceptors (Lipinski definition) is 8. The summed E-state index contributed by atoms with van der Waals surface area (Å²) in [6.45, 7) is 2.99. The third kappa shape index (κ3) is 6.56. The summed E-state index contributed by atoms with van der Waals surface area (Å²) in [6.07, 6.45) is 14.2. The van der Waals surface area contributed by atoms with E-state index in [4.69, 9.17) is 30.5 Å². The highest BCUT2D eigenvalue weighted by Crippen LogP contribution is 2.61. The lowest BCUT2D eigenvalue weighted by Crippen LogP contribution is -2.58. The summed E-state index contributed by atoms with van der Waals surface area (Å²) < 4.78 is 24.8.